The van der Waals surface area contributed by atoms with E-state index in [-0.39, 0.29) is 12.0 Å². The molecule has 1 heterocycles. The Morgan fingerprint density at radius 2 is 2.12 bits per heavy atom. The van der Waals surface area contributed by atoms with Crippen molar-refractivity contribution in [2.45, 2.75) is 31.5 Å². The molecule has 2 fully saturated rings. The number of hydrogen-bond acceptors (Lipinski definition) is 3. The molecule has 0 aromatic heterocycles. The van der Waals surface area contributed by atoms with Crippen LogP contribution in [0.25, 0.3) is 0 Å². The summed E-state index contributed by atoms with van der Waals surface area (Å²) in [4.78, 5) is 11.7. The highest BCUT2D eigenvalue weighted by Gasteiger charge is 2.48. The molecule has 2 aliphatic rings. The number of ether oxygens (including phenoxy) is 1. The summed E-state index contributed by atoms with van der Waals surface area (Å²) in [6, 6.07) is 10.3. The lowest BCUT2D eigenvalue weighted by Gasteiger charge is -2.12. The number of carbonyl (C=O) groups excluding carboxylic acids is 1. The van der Waals surface area contributed by atoms with E-state index in [1.54, 1.807) is 0 Å². The molecule has 3 nitrogen and oxygen atoms in total. The Labute approximate surface area is 94.8 Å². The van der Waals surface area contributed by atoms with Gasteiger partial charge in [-0.25, -0.2) is 0 Å². The first-order valence-corrected chi connectivity index (χ1v) is 5.79. The van der Waals surface area contributed by atoms with Crippen LogP contribution in [0.1, 0.15) is 18.4 Å². The van der Waals surface area contributed by atoms with Crippen molar-refractivity contribution in [2.75, 3.05) is 0 Å². The van der Waals surface area contributed by atoms with Crippen molar-refractivity contribution in [1.82, 2.24) is 5.32 Å². The van der Waals surface area contributed by atoms with Gasteiger partial charge in [-0.05, 0) is 24.3 Å². The number of carbonyl (C=O) groups is 1. The van der Waals surface area contributed by atoms with E-state index in [4.69, 9.17) is 4.74 Å². The second-order valence-corrected chi connectivity index (χ2v) is 4.65. The average molecular weight is 217 g/mol. The third-order valence-electron chi connectivity index (χ3n) is 3.38. The third-order valence-corrected chi connectivity index (χ3v) is 3.38. The molecule has 0 bridgehead atoms. The summed E-state index contributed by atoms with van der Waals surface area (Å²) in [7, 11) is 0. The highest BCUT2D eigenvalue weighted by molar-refractivity contribution is 5.76. The predicted molar refractivity (Wildman–Crippen MR) is 59.7 cm³/mol. The number of nitrogens with one attached hydrogen (secondary N) is 1. The zero-order chi connectivity index (χ0) is 11.0. The van der Waals surface area contributed by atoms with E-state index < -0.39 is 0 Å². The van der Waals surface area contributed by atoms with Gasteiger partial charge in [0.05, 0.1) is 0 Å². The molecule has 16 heavy (non-hydrogen) atoms. The Morgan fingerprint density at radius 1 is 1.31 bits per heavy atom. The van der Waals surface area contributed by atoms with Gasteiger partial charge in [-0.1, -0.05) is 30.3 Å². The smallest absolute Gasteiger partial charge is 0.323 e. The number of hydrogen-bond donors (Lipinski definition) is 1. The minimum atomic E-state index is -0.101. The van der Waals surface area contributed by atoms with Crippen molar-refractivity contribution in [2.24, 2.45) is 5.92 Å². The maximum atomic E-state index is 11.7. The zero-order valence-electron chi connectivity index (χ0n) is 9.06. The number of esters is 1. The minimum Gasteiger partial charge on any atom is -0.460 e. The van der Waals surface area contributed by atoms with Crippen LogP contribution in [-0.2, 0) is 16.1 Å². The molecule has 1 saturated heterocycles. The largest absolute Gasteiger partial charge is 0.460 e. The molecule has 0 amide bonds. The Kier molecular flexibility index (Phi) is 2.40. The van der Waals surface area contributed by atoms with Crippen molar-refractivity contribution in [3.63, 3.8) is 0 Å². The second-order valence-electron chi connectivity index (χ2n) is 4.65. The van der Waals surface area contributed by atoms with Crippen LogP contribution in [0.5, 0.6) is 0 Å². The molecule has 1 aromatic carbocycles. The van der Waals surface area contributed by atoms with Crippen molar-refractivity contribution in [3.8, 4) is 0 Å². The van der Waals surface area contributed by atoms with E-state index in [1.807, 2.05) is 30.3 Å². The summed E-state index contributed by atoms with van der Waals surface area (Å²) in [5.41, 5.74) is 1.04. The molecule has 0 unspecified atom stereocenters. The highest BCUT2D eigenvalue weighted by atomic mass is 16.5. The number of fused-ring (bicyclic) bond motifs is 1. The number of benzene rings is 1. The second kappa shape index (κ2) is 3.91. The molecule has 3 rings (SSSR count). The van der Waals surface area contributed by atoms with Crippen LogP contribution in [0.2, 0.25) is 0 Å². The lowest BCUT2D eigenvalue weighted by Crippen LogP contribution is -2.35. The summed E-state index contributed by atoms with van der Waals surface area (Å²) in [5, 5.41) is 3.29. The monoisotopic (exact) mass is 217 g/mol. The summed E-state index contributed by atoms with van der Waals surface area (Å²) >= 11 is 0. The standard InChI is InChI=1S/C13H15NO2/c15-13(12-7-10-6-11(10)14-12)16-8-9-4-2-1-3-5-9/h1-5,10-12,14H,6-8H2/t10-,11-,12-/m1/s1. The van der Waals surface area contributed by atoms with Gasteiger partial charge in [0.15, 0.2) is 0 Å². The molecule has 1 aliphatic carbocycles. The van der Waals surface area contributed by atoms with Crippen LogP contribution < -0.4 is 5.32 Å². The van der Waals surface area contributed by atoms with E-state index in [1.165, 1.54) is 6.42 Å². The van der Waals surface area contributed by atoms with E-state index >= 15 is 0 Å². The number of piperidine rings is 1. The van der Waals surface area contributed by atoms with Crippen LogP contribution in [0.4, 0.5) is 0 Å². The maximum absolute atomic E-state index is 11.7. The fourth-order valence-electron chi connectivity index (χ4n) is 2.33. The fraction of sp³-hybridized carbons (Fsp3) is 0.462. The normalized spacial score (nSPS) is 30.9. The summed E-state index contributed by atoms with van der Waals surface area (Å²) in [6.07, 6.45) is 2.20. The van der Waals surface area contributed by atoms with Crippen LogP contribution in [0.15, 0.2) is 30.3 Å². The molecule has 3 heteroatoms. The molecule has 3 atom stereocenters. The van der Waals surface area contributed by atoms with Gasteiger partial charge in [-0.15, -0.1) is 0 Å². The highest BCUT2D eigenvalue weighted by Crippen LogP contribution is 2.40. The van der Waals surface area contributed by atoms with Gasteiger partial charge in [0.2, 0.25) is 0 Å². The molecule has 1 aliphatic heterocycles. The molecule has 0 spiro atoms. The van der Waals surface area contributed by atoms with Gasteiger partial charge in [-0.2, -0.15) is 0 Å². The van der Waals surface area contributed by atoms with E-state index in [0.29, 0.717) is 12.6 Å². The summed E-state index contributed by atoms with van der Waals surface area (Å²) in [5.74, 6) is 0.630. The molecule has 1 saturated carbocycles. The van der Waals surface area contributed by atoms with Crippen molar-refractivity contribution in [1.29, 1.82) is 0 Å². The Balaban J connectivity index is 1.50. The van der Waals surface area contributed by atoms with Crippen molar-refractivity contribution in [3.05, 3.63) is 35.9 Å². The molecule has 1 aromatic rings. The first kappa shape index (κ1) is 9.85. The Bertz CT molecular complexity index is 380. The quantitative estimate of drug-likeness (QED) is 0.779. The van der Waals surface area contributed by atoms with Gasteiger partial charge in [0.25, 0.3) is 0 Å². The molecule has 84 valence electrons. The Hall–Kier alpha value is -1.35. The Morgan fingerprint density at radius 3 is 2.81 bits per heavy atom. The van der Waals surface area contributed by atoms with Crippen LogP contribution in [0, 0.1) is 5.92 Å². The molecule has 0 radical (unpaired) electrons. The number of rotatable bonds is 3. The van der Waals surface area contributed by atoms with Gasteiger partial charge in [0.1, 0.15) is 12.6 Å². The lowest BCUT2D eigenvalue weighted by molar-refractivity contribution is -0.147. The SMILES string of the molecule is O=C(OCc1ccccc1)[C@H]1C[C@H]2C[C@H]2N1. The molecular formula is C13H15NO2. The van der Waals surface area contributed by atoms with Crippen LogP contribution >= 0.6 is 0 Å². The van der Waals surface area contributed by atoms with Gasteiger partial charge in [-0.3, -0.25) is 4.79 Å². The summed E-state index contributed by atoms with van der Waals surface area (Å²) < 4.78 is 5.28. The predicted octanol–water partition coefficient (Wildman–Crippen LogP) is 1.48. The van der Waals surface area contributed by atoms with Crippen molar-refractivity contribution < 1.29 is 9.53 Å². The van der Waals surface area contributed by atoms with Gasteiger partial charge < -0.3 is 10.1 Å². The zero-order valence-corrected chi connectivity index (χ0v) is 9.06. The first-order valence-electron chi connectivity index (χ1n) is 5.79. The van der Waals surface area contributed by atoms with Gasteiger partial charge >= 0.3 is 5.97 Å². The van der Waals surface area contributed by atoms with E-state index in [2.05, 4.69) is 5.32 Å². The van der Waals surface area contributed by atoms with Crippen LogP contribution in [0.3, 0.4) is 0 Å². The summed E-state index contributed by atoms with van der Waals surface area (Å²) in [6.45, 7) is 0.382. The molecule has 1 N–H and O–H groups in total. The van der Waals surface area contributed by atoms with E-state index in [0.717, 1.165) is 17.9 Å². The topological polar surface area (TPSA) is 38.3 Å². The molecular weight excluding hydrogens is 202 g/mol. The van der Waals surface area contributed by atoms with Gasteiger partial charge in [0, 0.05) is 6.04 Å². The lowest BCUT2D eigenvalue weighted by atomic mass is 10.2. The average Bonchev–Trinajstić information content (AvgIpc) is 2.94. The minimum absolute atomic E-state index is 0.0625. The maximum Gasteiger partial charge on any atom is 0.323 e. The first-order chi connectivity index (χ1) is 7.83. The third kappa shape index (κ3) is 1.95. The van der Waals surface area contributed by atoms with Crippen LogP contribution in [-0.4, -0.2) is 18.1 Å². The van der Waals surface area contributed by atoms with Crippen molar-refractivity contribution >= 4 is 5.97 Å². The van der Waals surface area contributed by atoms with E-state index in [9.17, 15) is 4.79 Å². The fourth-order valence-corrected chi connectivity index (χ4v) is 2.33.